The van der Waals surface area contributed by atoms with Crippen LogP contribution in [0.5, 0.6) is 0 Å². The third kappa shape index (κ3) is 7.38. The monoisotopic (exact) mass is 445 g/mol. The SMILES string of the molecule is CCCCN=C(NCC)N1CCC(COCc2ccccc2)C1.I. The van der Waals surface area contributed by atoms with Crippen LogP contribution in [0.25, 0.3) is 0 Å². The maximum Gasteiger partial charge on any atom is 0.193 e. The first-order valence-electron chi connectivity index (χ1n) is 8.98. The molecule has 0 amide bonds. The van der Waals surface area contributed by atoms with Gasteiger partial charge in [-0.25, -0.2) is 0 Å². The van der Waals surface area contributed by atoms with Gasteiger partial charge in [-0.15, -0.1) is 24.0 Å². The molecule has 1 atom stereocenters. The van der Waals surface area contributed by atoms with Crippen molar-refractivity contribution < 1.29 is 4.74 Å². The Morgan fingerprint density at radius 3 is 2.79 bits per heavy atom. The number of benzene rings is 1. The van der Waals surface area contributed by atoms with Gasteiger partial charge in [0, 0.05) is 32.1 Å². The van der Waals surface area contributed by atoms with Gasteiger partial charge in [0.2, 0.25) is 0 Å². The number of likely N-dealkylation sites (tertiary alicyclic amines) is 1. The van der Waals surface area contributed by atoms with Crippen LogP contribution in [-0.4, -0.2) is 43.6 Å². The van der Waals surface area contributed by atoms with E-state index in [1.807, 2.05) is 6.07 Å². The minimum atomic E-state index is 0. The molecule has 1 saturated heterocycles. The molecule has 1 fully saturated rings. The fourth-order valence-electron chi connectivity index (χ4n) is 2.85. The molecule has 1 aromatic carbocycles. The number of nitrogens with one attached hydrogen (secondary N) is 1. The number of rotatable bonds is 8. The molecule has 4 nitrogen and oxygen atoms in total. The van der Waals surface area contributed by atoms with Gasteiger partial charge < -0.3 is 15.0 Å². The summed E-state index contributed by atoms with van der Waals surface area (Å²) in [5, 5.41) is 3.42. The fourth-order valence-corrected chi connectivity index (χ4v) is 2.85. The predicted molar refractivity (Wildman–Crippen MR) is 112 cm³/mol. The smallest absolute Gasteiger partial charge is 0.193 e. The molecule has 0 spiro atoms. The van der Waals surface area contributed by atoms with E-state index in [0.717, 1.165) is 45.2 Å². The molecule has 1 aliphatic heterocycles. The third-order valence-electron chi connectivity index (χ3n) is 4.16. The molecule has 1 aromatic rings. The minimum absolute atomic E-state index is 0. The lowest BCUT2D eigenvalue weighted by Gasteiger charge is -2.21. The molecular weight excluding hydrogens is 413 g/mol. The quantitative estimate of drug-likeness (QED) is 0.285. The van der Waals surface area contributed by atoms with Crippen molar-refractivity contribution in [1.82, 2.24) is 10.2 Å². The van der Waals surface area contributed by atoms with Crippen molar-refractivity contribution in [2.24, 2.45) is 10.9 Å². The standard InChI is InChI=1S/C19H31N3O.HI/c1-3-5-12-21-19(20-4-2)22-13-11-18(14-22)16-23-15-17-9-7-6-8-10-17;/h6-10,18H,3-5,11-16H2,1-2H3,(H,20,21);1H. The zero-order valence-electron chi connectivity index (χ0n) is 15.0. The number of hydrogen-bond acceptors (Lipinski definition) is 2. The number of halogens is 1. The van der Waals surface area contributed by atoms with Crippen LogP contribution in [0.3, 0.4) is 0 Å². The minimum Gasteiger partial charge on any atom is -0.376 e. The van der Waals surface area contributed by atoms with E-state index in [1.54, 1.807) is 0 Å². The Labute approximate surface area is 164 Å². The summed E-state index contributed by atoms with van der Waals surface area (Å²) < 4.78 is 5.90. The highest BCUT2D eigenvalue weighted by Crippen LogP contribution is 2.17. The van der Waals surface area contributed by atoms with Crippen LogP contribution in [0, 0.1) is 5.92 Å². The van der Waals surface area contributed by atoms with Crippen LogP contribution in [0.4, 0.5) is 0 Å². The van der Waals surface area contributed by atoms with Crippen LogP contribution in [0.1, 0.15) is 38.7 Å². The Morgan fingerprint density at radius 2 is 2.08 bits per heavy atom. The van der Waals surface area contributed by atoms with E-state index >= 15 is 0 Å². The second kappa shape index (κ2) is 12.5. The maximum absolute atomic E-state index is 5.90. The first kappa shape index (κ1) is 21.2. The largest absolute Gasteiger partial charge is 0.376 e. The number of nitrogens with zero attached hydrogens (tertiary/aromatic N) is 2. The first-order valence-corrected chi connectivity index (χ1v) is 8.98. The van der Waals surface area contributed by atoms with E-state index in [1.165, 1.54) is 18.4 Å². The molecule has 0 aromatic heterocycles. The van der Waals surface area contributed by atoms with Gasteiger partial charge in [-0.05, 0) is 25.3 Å². The molecule has 2 rings (SSSR count). The first-order chi connectivity index (χ1) is 11.3. The van der Waals surface area contributed by atoms with Gasteiger partial charge in [-0.1, -0.05) is 43.7 Å². The molecule has 0 aliphatic carbocycles. The highest BCUT2D eigenvalue weighted by Gasteiger charge is 2.24. The van der Waals surface area contributed by atoms with Gasteiger partial charge >= 0.3 is 0 Å². The zero-order valence-corrected chi connectivity index (χ0v) is 17.4. The summed E-state index contributed by atoms with van der Waals surface area (Å²) in [5.74, 6) is 1.68. The third-order valence-corrected chi connectivity index (χ3v) is 4.16. The summed E-state index contributed by atoms with van der Waals surface area (Å²) >= 11 is 0. The number of guanidine groups is 1. The van der Waals surface area contributed by atoms with Gasteiger partial charge in [0.25, 0.3) is 0 Å². The average molecular weight is 445 g/mol. The molecule has 0 radical (unpaired) electrons. The molecule has 1 N–H and O–H groups in total. The van der Waals surface area contributed by atoms with E-state index in [-0.39, 0.29) is 24.0 Å². The van der Waals surface area contributed by atoms with Crippen molar-refractivity contribution in [3.8, 4) is 0 Å². The lowest BCUT2D eigenvalue weighted by Crippen LogP contribution is -2.40. The lowest BCUT2D eigenvalue weighted by atomic mass is 10.1. The van der Waals surface area contributed by atoms with E-state index < -0.39 is 0 Å². The summed E-state index contributed by atoms with van der Waals surface area (Å²) in [6, 6.07) is 10.4. The molecule has 136 valence electrons. The van der Waals surface area contributed by atoms with Gasteiger partial charge in [0.1, 0.15) is 0 Å². The number of unbranched alkanes of at least 4 members (excludes halogenated alkanes) is 1. The maximum atomic E-state index is 5.90. The van der Waals surface area contributed by atoms with Crippen LogP contribution >= 0.6 is 24.0 Å². The van der Waals surface area contributed by atoms with Crippen LogP contribution < -0.4 is 5.32 Å². The second-order valence-corrected chi connectivity index (χ2v) is 6.19. The Morgan fingerprint density at radius 1 is 1.29 bits per heavy atom. The fraction of sp³-hybridized carbons (Fsp3) is 0.632. The zero-order chi connectivity index (χ0) is 16.3. The average Bonchev–Trinajstić information content (AvgIpc) is 3.04. The van der Waals surface area contributed by atoms with Crippen molar-refractivity contribution in [1.29, 1.82) is 0 Å². The van der Waals surface area contributed by atoms with Crippen molar-refractivity contribution in [2.45, 2.75) is 39.7 Å². The van der Waals surface area contributed by atoms with Crippen LogP contribution in [0.15, 0.2) is 35.3 Å². The molecular formula is C19H32IN3O. The normalized spacial score (nSPS) is 17.7. The molecule has 5 heteroatoms. The van der Waals surface area contributed by atoms with Gasteiger partial charge in [0.05, 0.1) is 13.2 Å². The summed E-state index contributed by atoms with van der Waals surface area (Å²) in [6.45, 7) is 9.86. The Bertz CT molecular complexity index is 467. The van der Waals surface area contributed by atoms with Crippen molar-refractivity contribution in [3.05, 3.63) is 35.9 Å². The summed E-state index contributed by atoms with van der Waals surface area (Å²) in [5.41, 5.74) is 1.25. The summed E-state index contributed by atoms with van der Waals surface area (Å²) in [4.78, 5) is 7.12. The number of aliphatic imine (C=N–C) groups is 1. The molecule has 24 heavy (non-hydrogen) atoms. The van der Waals surface area contributed by atoms with Gasteiger partial charge in [-0.3, -0.25) is 4.99 Å². The van der Waals surface area contributed by atoms with Crippen LogP contribution in [-0.2, 0) is 11.3 Å². The van der Waals surface area contributed by atoms with Crippen molar-refractivity contribution in [2.75, 3.05) is 32.8 Å². The van der Waals surface area contributed by atoms with E-state index in [0.29, 0.717) is 12.5 Å². The molecule has 0 saturated carbocycles. The van der Waals surface area contributed by atoms with Gasteiger partial charge in [0.15, 0.2) is 5.96 Å². The van der Waals surface area contributed by atoms with Crippen molar-refractivity contribution >= 4 is 29.9 Å². The predicted octanol–water partition coefficient (Wildman–Crippen LogP) is 3.91. The Hall–Kier alpha value is -0.820. The van der Waals surface area contributed by atoms with Crippen LogP contribution in [0.2, 0.25) is 0 Å². The number of ether oxygens (including phenoxy) is 1. The van der Waals surface area contributed by atoms with E-state index in [4.69, 9.17) is 9.73 Å². The Balaban J connectivity index is 0.00000288. The highest BCUT2D eigenvalue weighted by molar-refractivity contribution is 14.0. The van der Waals surface area contributed by atoms with Crippen molar-refractivity contribution in [3.63, 3.8) is 0 Å². The molecule has 1 heterocycles. The summed E-state index contributed by atoms with van der Waals surface area (Å²) in [6.07, 6.45) is 3.54. The molecule has 1 aliphatic rings. The molecule has 0 bridgehead atoms. The lowest BCUT2D eigenvalue weighted by molar-refractivity contribution is 0.0907. The second-order valence-electron chi connectivity index (χ2n) is 6.19. The van der Waals surface area contributed by atoms with Gasteiger partial charge in [-0.2, -0.15) is 0 Å². The number of hydrogen-bond donors (Lipinski definition) is 1. The Kier molecular flexibility index (Phi) is 11.1. The summed E-state index contributed by atoms with van der Waals surface area (Å²) in [7, 11) is 0. The topological polar surface area (TPSA) is 36.9 Å². The highest BCUT2D eigenvalue weighted by atomic mass is 127. The van der Waals surface area contributed by atoms with E-state index in [2.05, 4.69) is 48.3 Å². The van der Waals surface area contributed by atoms with E-state index in [9.17, 15) is 0 Å². The molecule has 1 unspecified atom stereocenters.